The van der Waals surface area contributed by atoms with Gasteiger partial charge >= 0.3 is 323 Å². The molecule has 2 aliphatic rings. The minimum atomic E-state index is -0.118. The predicted molar refractivity (Wildman–Crippen MR) is 233 cm³/mol. The number of aromatic nitrogens is 3. The summed E-state index contributed by atoms with van der Waals surface area (Å²) in [7, 11) is 0. The van der Waals surface area contributed by atoms with Crippen molar-refractivity contribution < 1.29 is 0 Å². The molecule has 0 saturated heterocycles. The van der Waals surface area contributed by atoms with Crippen LogP contribution in [0.5, 0.6) is 0 Å². The summed E-state index contributed by atoms with van der Waals surface area (Å²) in [5.41, 5.74) is 24.5. The molecule has 6 heterocycles. The standard InChI is InChI=1S/C44H39N7Se2/c1-27(9-5-23-45)41-33-15-13-31(49-33)32-14-16-34(50-32)42(28(2)10-6-24-46)38-20-22-40(53-38)44(30(4)12-8-26-48)36-18-17-35(51-36)43(29(3)11-7-25-47)39-21-19-37(41)52-39/h5-26,45-46,49H,1-2,47-48H2,3-4H3/b9-5-,10-6-,25-7-,26-8-,29-11+,30-12+,32-31?,41-33?,41-37?,42-34?,42-38?,43-35?,43-39?,44-36?,44-40?,45-23?,46-24?. The second kappa shape index (κ2) is 16.7. The first-order valence-electron chi connectivity index (χ1n) is 16.8. The van der Waals surface area contributed by atoms with Gasteiger partial charge < -0.3 is 0 Å². The Morgan fingerprint density at radius 1 is 0.585 bits per heavy atom. The van der Waals surface area contributed by atoms with Crippen molar-refractivity contribution in [1.29, 1.82) is 10.8 Å². The maximum absolute atomic E-state index is 7.63. The van der Waals surface area contributed by atoms with Crippen LogP contribution in [-0.2, 0) is 0 Å². The summed E-state index contributed by atoms with van der Waals surface area (Å²) in [6.07, 6.45) is 28.8. The summed E-state index contributed by atoms with van der Waals surface area (Å²) in [6.45, 7) is 13.0. The average molecular weight is 824 g/mol. The van der Waals surface area contributed by atoms with Crippen LogP contribution in [0.15, 0.2) is 111 Å². The van der Waals surface area contributed by atoms with Crippen LogP contribution in [0.3, 0.4) is 0 Å². The number of nitrogens with one attached hydrogen (secondary N) is 3. The summed E-state index contributed by atoms with van der Waals surface area (Å²) in [4.78, 5) is 14.1. The van der Waals surface area contributed by atoms with Crippen LogP contribution in [0.1, 0.15) is 58.9 Å². The molecule has 0 fully saturated rings. The summed E-state index contributed by atoms with van der Waals surface area (Å²) in [6, 6.07) is 12.9. The van der Waals surface area contributed by atoms with Gasteiger partial charge in [0.05, 0.1) is 0 Å². The first-order valence-corrected chi connectivity index (χ1v) is 20.2. The van der Waals surface area contributed by atoms with Crippen LogP contribution in [0.25, 0.3) is 74.7 Å². The molecule has 0 saturated carbocycles. The predicted octanol–water partition coefficient (Wildman–Crippen LogP) is 9.35. The van der Waals surface area contributed by atoms with Crippen LogP contribution >= 0.6 is 0 Å². The third kappa shape index (κ3) is 7.85. The topological polar surface area (TPSA) is 141 Å². The molecule has 4 aromatic heterocycles. The number of nitrogens with two attached hydrogens (primary N) is 2. The summed E-state index contributed by atoms with van der Waals surface area (Å²) >= 11 is -0.224. The molecule has 53 heavy (non-hydrogen) atoms. The monoisotopic (exact) mass is 825 g/mol. The second-order valence-corrected chi connectivity index (χ2v) is 16.7. The van der Waals surface area contributed by atoms with Crippen molar-refractivity contribution in [3.63, 3.8) is 0 Å². The summed E-state index contributed by atoms with van der Waals surface area (Å²) in [5, 5.41) is 15.3. The zero-order valence-corrected chi connectivity index (χ0v) is 32.9. The van der Waals surface area contributed by atoms with Gasteiger partial charge in [-0.05, 0) is 0 Å². The first kappa shape index (κ1) is 37.0. The number of aromatic amines is 1. The van der Waals surface area contributed by atoms with Crippen molar-refractivity contribution in [2.24, 2.45) is 11.5 Å². The molecular weight excluding hydrogens is 784 g/mol. The van der Waals surface area contributed by atoms with Gasteiger partial charge in [0.15, 0.2) is 0 Å². The molecule has 0 amide bonds. The molecule has 262 valence electrons. The van der Waals surface area contributed by atoms with Gasteiger partial charge in [-0.25, -0.2) is 0 Å². The molecule has 2 aliphatic heterocycles. The molecular formula is C44H39N7Se2. The number of nitrogens with zero attached hydrogens (tertiary/aromatic N) is 2. The fourth-order valence-corrected chi connectivity index (χ4v) is 11.3. The van der Waals surface area contributed by atoms with Gasteiger partial charge in [0.2, 0.25) is 0 Å². The van der Waals surface area contributed by atoms with E-state index in [0.29, 0.717) is 0 Å². The van der Waals surface area contributed by atoms with Crippen LogP contribution in [0.4, 0.5) is 0 Å². The number of hydrogen-bond donors (Lipinski definition) is 5. The van der Waals surface area contributed by atoms with E-state index >= 15 is 0 Å². The van der Waals surface area contributed by atoms with E-state index in [0.717, 1.165) is 86.9 Å². The van der Waals surface area contributed by atoms with Crippen LogP contribution in [-0.4, -0.2) is 56.4 Å². The van der Waals surface area contributed by atoms with Gasteiger partial charge in [-0.2, -0.15) is 0 Å². The van der Waals surface area contributed by atoms with Gasteiger partial charge in [0.1, 0.15) is 0 Å². The van der Waals surface area contributed by atoms with Crippen molar-refractivity contribution >= 4 is 116 Å². The third-order valence-electron chi connectivity index (χ3n) is 8.61. The van der Waals surface area contributed by atoms with Crippen molar-refractivity contribution in [1.82, 2.24) is 15.0 Å². The Kier molecular flexibility index (Phi) is 11.6. The van der Waals surface area contributed by atoms with Gasteiger partial charge in [-0.3, -0.25) is 0 Å². The Morgan fingerprint density at radius 3 is 1.51 bits per heavy atom. The Bertz CT molecular complexity index is 2630. The zero-order valence-electron chi connectivity index (χ0n) is 29.5. The molecule has 10 bridgehead atoms. The van der Waals surface area contributed by atoms with E-state index in [9.17, 15) is 0 Å². The van der Waals surface area contributed by atoms with Gasteiger partial charge in [-0.15, -0.1) is 0 Å². The molecule has 7 N–H and O–H groups in total. The van der Waals surface area contributed by atoms with E-state index in [1.54, 1.807) is 18.4 Å². The first-order chi connectivity index (χ1) is 25.8. The van der Waals surface area contributed by atoms with Crippen molar-refractivity contribution in [2.45, 2.75) is 13.8 Å². The van der Waals surface area contributed by atoms with Gasteiger partial charge in [0.25, 0.3) is 0 Å². The average Bonchev–Trinajstić information content (AvgIpc) is 4.00. The summed E-state index contributed by atoms with van der Waals surface area (Å²) in [5.74, 6) is 0. The van der Waals surface area contributed by atoms with E-state index in [2.05, 4.69) is 80.5 Å². The molecule has 0 atom stereocenters. The number of rotatable bonds is 10. The summed E-state index contributed by atoms with van der Waals surface area (Å²) < 4.78 is 4.66. The molecule has 0 radical (unpaired) electrons. The third-order valence-corrected chi connectivity index (χ3v) is 13.3. The number of hydrogen-bond acceptors (Lipinski definition) is 6. The SMILES string of the molecule is C=C(/C=C\C=N)c1c2nc(c3ccc([nH]3)c(C(=C)/C=C\C=N)c3ccc([se]3)c(/C(C)=C/C=C\N)c3nc(c(/C(C)=C/C=C\N)c4ccc1[se]4)C=C3)C=C2. The Balaban J connectivity index is 1.85. The molecule has 0 spiro atoms. The zero-order chi connectivity index (χ0) is 37.5. The fraction of sp³-hybridized carbons (Fsp3) is 0.0455. The minimum absolute atomic E-state index is 0.106. The molecule has 4 aromatic rings. The normalized spacial score (nSPS) is 13.3. The maximum atomic E-state index is 7.63. The van der Waals surface area contributed by atoms with E-state index in [-0.39, 0.29) is 29.0 Å². The van der Waals surface area contributed by atoms with E-state index in [4.69, 9.17) is 32.3 Å². The van der Waals surface area contributed by atoms with Gasteiger partial charge in [-0.1, -0.05) is 0 Å². The Labute approximate surface area is 321 Å². The molecule has 0 aromatic carbocycles. The van der Waals surface area contributed by atoms with Crippen molar-refractivity contribution in [3.8, 4) is 0 Å². The van der Waals surface area contributed by atoms with Crippen LogP contribution in [0, 0.1) is 10.8 Å². The molecule has 6 rings (SSSR count). The molecule has 0 aliphatic carbocycles. The van der Waals surface area contributed by atoms with E-state index < -0.39 is 0 Å². The Hall–Kier alpha value is -5.82. The number of H-pyrrole nitrogens is 1. The van der Waals surface area contributed by atoms with Crippen LogP contribution < -0.4 is 11.5 Å². The van der Waals surface area contributed by atoms with E-state index in [1.165, 1.54) is 27.1 Å². The molecule has 7 nitrogen and oxygen atoms in total. The second-order valence-electron chi connectivity index (χ2n) is 12.1. The quantitative estimate of drug-likeness (QED) is 0.0534. The number of allylic oxidation sites excluding steroid dienone is 12. The van der Waals surface area contributed by atoms with E-state index in [1.807, 2.05) is 48.6 Å². The van der Waals surface area contributed by atoms with Crippen molar-refractivity contribution in [3.05, 3.63) is 156 Å². The van der Waals surface area contributed by atoms with Crippen molar-refractivity contribution in [2.75, 3.05) is 0 Å². The fourth-order valence-electron chi connectivity index (χ4n) is 6.22. The molecule has 9 heteroatoms. The Morgan fingerprint density at radius 2 is 1.00 bits per heavy atom. The van der Waals surface area contributed by atoms with Gasteiger partial charge in [0, 0.05) is 0 Å². The number of fused-ring (bicyclic) bond motifs is 11. The molecule has 0 unspecified atom stereocenters. The van der Waals surface area contributed by atoms with Crippen LogP contribution in [0.2, 0.25) is 0 Å².